The molecule has 0 N–H and O–H groups in total. The van der Waals surface area contributed by atoms with Crippen LogP contribution in [0.25, 0.3) is 0 Å². The van der Waals surface area contributed by atoms with E-state index in [1.165, 1.54) is 57.8 Å². The van der Waals surface area contributed by atoms with Gasteiger partial charge in [0.05, 0.1) is 33.4 Å². The Morgan fingerprint density at radius 2 is 1.66 bits per heavy atom. The summed E-state index contributed by atoms with van der Waals surface area (Å²) < 4.78 is 12.5. The number of fused-ring (bicyclic) bond motifs is 2. The number of hydrogen-bond acceptors (Lipinski definition) is 3. The van der Waals surface area contributed by atoms with Crippen molar-refractivity contribution >= 4 is 5.97 Å². The molecular weight excluding hydrogens is 362 g/mol. The maximum atomic E-state index is 12.2. The highest BCUT2D eigenvalue weighted by molar-refractivity contribution is 5.70. The normalized spacial score (nSPS) is 28.1. The molecule has 3 atom stereocenters. The molecule has 2 saturated carbocycles. The molecule has 0 radical (unpaired) electrons. The lowest BCUT2D eigenvalue weighted by molar-refractivity contribution is -0.883. The number of rotatable bonds is 14. The van der Waals surface area contributed by atoms with Crippen LogP contribution >= 0.6 is 0 Å². The van der Waals surface area contributed by atoms with E-state index in [1.54, 1.807) is 0 Å². The van der Waals surface area contributed by atoms with Gasteiger partial charge in [-0.3, -0.25) is 0 Å². The van der Waals surface area contributed by atoms with E-state index in [4.69, 9.17) is 9.47 Å². The smallest absolute Gasteiger partial charge is 0.361 e. The molecule has 2 aliphatic carbocycles. The maximum absolute atomic E-state index is 12.2. The fourth-order valence-corrected chi connectivity index (χ4v) is 5.54. The number of hydrogen-bond donors (Lipinski definition) is 0. The highest BCUT2D eigenvalue weighted by Gasteiger charge is 2.61. The van der Waals surface area contributed by atoms with E-state index in [0.29, 0.717) is 34.6 Å². The van der Waals surface area contributed by atoms with Crippen molar-refractivity contribution in [1.82, 2.24) is 0 Å². The first kappa shape index (κ1) is 24.7. The molecule has 29 heavy (non-hydrogen) atoms. The van der Waals surface area contributed by atoms with Crippen molar-refractivity contribution in [1.29, 1.82) is 0 Å². The zero-order chi connectivity index (χ0) is 21.5. The van der Waals surface area contributed by atoms with Gasteiger partial charge in [0.2, 0.25) is 0 Å². The van der Waals surface area contributed by atoms with Gasteiger partial charge >= 0.3 is 5.97 Å². The van der Waals surface area contributed by atoms with E-state index in [9.17, 15) is 4.79 Å². The molecule has 4 nitrogen and oxygen atoms in total. The summed E-state index contributed by atoms with van der Waals surface area (Å²) in [5.41, 5.74) is 0.701. The van der Waals surface area contributed by atoms with Crippen LogP contribution in [0, 0.1) is 16.7 Å². The molecule has 0 aromatic carbocycles. The van der Waals surface area contributed by atoms with E-state index >= 15 is 0 Å². The second-order valence-corrected chi connectivity index (χ2v) is 11.1. The second kappa shape index (κ2) is 10.6. The molecule has 0 amide bonds. The van der Waals surface area contributed by atoms with Crippen molar-refractivity contribution in [3.05, 3.63) is 0 Å². The third-order valence-electron chi connectivity index (χ3n) is 8.30. The minimum Gasteiger partial charge on any atom is -0.462 e. The number of carbonyl (C=O) groups is 1. The summed E-state index contributed by atoms with van der Waals surface area (Å²) in [5, 5.41) is 0. The number of unbranched alkanes of at least 4 members (excludes halogenated alkanes) is 6. The Hall–Kier alpha value is -0.610. The molecule has 2 aliphatic rings. The van der Waals surface area contributed by atoms with E-state index in [0.717, 1.165) is 25.5 Å². The van der Waals surface area contributed by atoms with Crippen molar-refractivity contribution in [2.45, 2.75) is 98.0 Å². The van der Waals surface area contributed by atoms with Crippen molar-refractivity contribution in [2.24, 2.45) is 16.7 Å². The van der Waals surface area contributed by atoms with Crippen LogP contribution in [0.2, 0.25) is 0 Å². The lowest BCUT2D eigenvalue weighted by Crippen LogP contribution is -2.47. The molecule has 0 aromatic rings. The van der Waals surface area contributed by atoms with Crippen LogP contribution in [-0.4, -0.2) is 57.0 Å². The number of quaternary nitrogens is 1. The van der Waals surface area contributed by atoms with Crippen molar-refractivity contribution in [2.75, 3.05) is 40.4 Å². The molecule has 0 aromatic heterocycles. The van der Waals surface area contributed by atoms with Crippen LogP contribution in [0.1, 0.15) is 91.9 Å². The van der Waals surface area contributed by atoms with Crippen LogP contribution < -0.4 is 0 Å². The molecule has 2 bridgehead atoms. The van der Waals surface area contributed by atoms with E-state index in [-0.39, 0.29) is 5.97 Å². The Morgan fingerprint density at radius 3 is 2.24 bits per heavy atom. The number of carbonyl (C=O) groups excluding carboxylic acids is 1. The Balaban J connectivity index is 1.58. The third-order valence-corrected chi connectivity index (χ3v) is 8.30. The zero-order valence-corrected chi connectivity index (χ0v) is 20.2. The number of likely N-dealkylation sites (N-methyl/N-ethyl adjacent to an activating group) is 1. The quantitative estimate of drug-likeness (QED) is 0.213. The summed E-state index contributed by atoms with van der Waals surface area (Å²) in [4.78, 5) is 12.2. The number of ether oxygens (including phenoxy) is 2. The number of esters is 1. The average molecular weight is 411 g/mol. The highest BCUT2D eigenvalue weighted by Crippen LogP contribution is 2.66. The fraction of sp³-hybridized carbons (Fsp3) is 0.960. The van der Waals surface area contributed by atoms with Crippen LogP contribution in [0.5, 0.6) is 0 Å². The Bertz CT molecular complexity index is 516. The second-order valence-electron chi connectivity index (χ2n) is 11.1. The highest BCUT2D eigenvalue weighted by atomic mass is 16.5. The van der Waals surface area contributed by atoms with Gasteiger partial charge in [-0.1, -0.05) is 66.2 Å². The Kier molecular flexibility index (Phi) is 9.03. The molecular formula is C25H48NO3+. The molecule has 0 spiro atoms. The third kappa shape index (κ3) is 6.43. The standard InChI is InChI=1S/C25H48NO3/c1-7-8-9-10-11-12-13-17-29-23(27)20-26(5,6)16-18-28-22-19-21-14-15-25(22,4)24(21,2)3/h21-22H,7-20H2,1-6H3/q+1/t21-,22+,25-/m0/s1. The predicted octanol–water partition coefficient (Wildman–Crippen LogP) is 5.59. The van der Waals surface area contributed by atoms with Gasteiger partial charge in [0, 0.05) is 0 Å². The monoisotopic (exact) mass is 410 g/mol. The molecule has 0 aliphatic heterocycles. The first-order valence-corrected chi connectivity index (χ1v) is 12.2. The number of nitrogens with zero attached hydrogens (tertiary/aromatic N) is 1. The van der Waals surface area contributed by atoms with E-state index in [1.807, 2.05) is 0 Å². The first-order chi connectivity index (χ1) is 13.6. The van der Waals surface area contributed by atoms with Gasteiger partial charge in [-0.2, -0.15) is 0 Å². The summed E-state index contributed by atoms with van der Waals surface area (Å²) in [6.07, 6.45) is 12.9. The van der Waals surface area contributed by atoms with E-state index < -0.39 is 0 Å². The molecule has 0 saturated heterocycles. The van der Waals surface area contributed by atoms with Crippen LogP contribution in [0.3, 0.4) is 0 Å². The largest absolute Gasteiger partial charge is 0.462 e. The van der Waals surface area contributed by atoms with Gasteiger partial charge in [0.25, 0.3) is 0 Å². The zero-order valence-electron chi connectivity index (χ0n) is 20.2. The van der Waals surface area contributed by atoms with Gasteiger partial charge in [-0.25, -0.2) is 4.79 Å². The van der Waals surface area contributed by atoms with Crippen LogP contribution in [0.4, 0.5) is 0 Å². The van der Waals surface area contributed by atoms with Gasteiger partial charge in [0.15, 0.2) is 6.54 Å². The molecule has 2 rings (SSSR count). The molecule has 0 unspecified atom stereocenters. The summed E-state index contributed by atoms with van der Waals surface area (Å²) in [7, 11) is 4.20. The van der Waals surface area contributed by atoms with Gasteiger partial charge in [-0.05, 0) is 42.4 Å². The molecule has 2 fully saturated rings. The van der Waals surface area contributed by atoms with E-state index in [2.05, 4.69) is 41.8 Å². The molecule has 170 valence electrons. The predicted molar refractivity (Wildman–Crippen MR) is 120 cm³/mol. The minimum absolute atomic E-state index is 0.0750. The summed E-state index contributed by atoms with van der Waals surface area (Å²) in [6.45, 7) is 12.1. The van der Waals surface area contributed by atoms with Crippen molar-refractivity contribution < 1.29 is 18.8 Å². The average Bonchev–Trinajstić information content (AvgIpc) is 2.97. The van der Waals surface area contributed by atoms with Crippen molar-refractivity contribution in [3.63, 3.8) is 0 Å². The lowest BCUT2D eigenvalue weighted by atomic mass is 9.70. The van der Waals surface area contributed by atoms with Gasteiger partial charge < -0.3 is 14.0 Å². The lowest BCUT2D eigenvalue weighted by Gasteiger charge is -2.39. The van der Waals surface area contributed by atoms with Gasteiger partial charge in [-0.15, -0.1) is 0 Å². The van der Waals surface area contributed by atoms with Crippen LogP contribution in [0.15, 0.2) is 0 Å². The topological polar surface area (TPSA) is 35.5 Å². The van der Waals surface area contributed by atoms with Gasteiger partial charge in [0.1, 0.15) is 6.54 Å². The Labute approximate surface area is 180 Å². The SMILES string of the molecule is CCCCCCCCCOC(=O)C[N+](C)(C)CCO[C@@H]1C[C@@H]2CC[C@]1(C)C2(C)C. The summed E-state index contributed by atoms with van der Waals surface area (Å²) >= 11 is 0. The van der Waals surface area contributed by atoms with Crippen molar-refractivity contribution in [3.8, 4) is 0 Å². The summed E-state index contributed by atoms with van der Waals surface area (Å²) in [6, 6.07) is 0. The Morgan fingerprint density at radius 1 is 1.00 bits per heavy atom. The maximum Gasteiger partial charge on any atom is 0.361 e. The summed E-state index contributed by atoms with van der Waals surface area (Å²) in [5.74, 6) is 0.732. The van der Waals surface area contributed by atoms with Crippen LogP contribution in [-0.2, 0) is 14.3 Å². The first-order valence-electron chi connectivity index (χ1n) is 12.2. The fourth-order valence-electron chi connectivity index (χ4n) is 5.54. The molecule has 4 heteroatoms. The molecule has 0 heterocycles. The minimum atomic E-state index is -0.0750.